The second kappa shape index (κ2) is 8.29. The van der Waals surface area contributed by atoms with Crippen molar-refractivity contribution in [1.82, 2.24) is 19.2 Å². The minimum Gasteiger partial charge on any atom is -0.497 e. The van der Waals surface area contributed by atoms with Crippen LogP contribution in [-0.4, -0.2) is 32.9 Å². The lowest BCUT2D eigenvalue weighted by Gasteiger charge is -2.20. The number of methoxy groups -OCH3 is 1. The van der Waals surface area contributed by atoms with Gasteiger partial charge in [0, 0.05) is 19.2 Å². The topological polar surface area (TPSA) is 35.2 Å². The fourth-order valence-electron chi connectivity index (χ4n) is 2.86. The van der Waals surface area contributed by atoms with E-state index >= 15 is 0 Å². The Morgan fingerprint density at radius 2 is 1.77 bits per heavy atom. The van der Waals surface area contributed by atoms with Gasteiger partial charge in [-0.3, -0.25) is 4.90 Å². The number of nitrogens with zero attached hydrogens (tertiary/aromatic N) is 4. The standard InChI is InChI=1S/C20H24N4OS/c1-4-23(14-16-8-6-5-7-9-16)15-24-20(26)22(2)19(21-24)17-10-12-18(25-3)13-11-17/h5-13H,4,14-15H2,1-3H3. The molecule has 5 nitrogen and oxygen atoms in total. The molecule has 0 atom stereocenters. The molecule has 0 bridgehead atoms. The number of ether oxygens (including phenoxy) is 1. The van der Waals surface area contributed by atoms with E-state index in [1.165, 1.54) is 5.56 Å². The lowest BCUT2D eigenvalue weighted by Crippen LogP contribution is -2.26. The molecular formula is C20H24N4OS. The predicted octanol–water partition coefficient (Wildman–Crippen LogP) is 4.11. The van der Waals surface area contributed by atoms with Crippen molar-refractivity contribution in [1.29, 1.82) is 0 Å². The van der Waals surface area contributed by atoms with Gasteiger partial charge in [0.25, 0.3) is 0 Å². The lowest BCUT2D eigenvalue weighted by atomic mass is 10.2. The van der Waals surface area contributed by atoms with Crippen molar-refractivity contribution in [3.8, 4) is 17.1 Å². The second-order valence-electron chi connectivity index (χ2n) is 6.17. The Kier molecular flexibility index (Phi) is 5.85. The number of aromatic nitrogens is 3. The van der Waals surface area contributed by atoms with Crippen molar-refractivity contribution < 1.29 is 4.74 Å². The summed E-state index contributed by atoms with van der Waals surface area (Å²) in [4.78, 5) is 2.32. The molecule has 1 heterocycles. The van der Waals surface area contributed by atoms with Crippen LogP contribution in [0.5, 0.6) is 5.75 Å². The molecule has 0 saturated heterocycles. The zero-order chi connectivity index (χ0) is 18.5. The quantitative estimate of drug-likeness (QED) is 0.588. The second-order valence-corrected chi connectivity index (χ2v) is 6.53. The zero-order valence-electron chi connectivity index (χ0n) is 15.4. The van der Waals surface area contributed by atoms with Crippen molar-refractivity contribution in [2.75, 3.05) is 13.7 Å². The zero-order valence-corrected chi connectivity index (χ0v) is 16.2. The van der Waals surface area contributed by atoms with Crippen LogP contribution in [0.25, 0.3) is 11.4 Å². The maximum absolute atomic E-state index is 5.61. The Hall–Kier alpha value is -2.44. The van der Waals surface area contributed by atoms with Crippen LogP contribution in [0.2, 0.25) is 0 Å². The van der Waals surface area contributed by atoms with E-state index in [0.29, 0.717) is 11.4 Å². The van der Waals surface area contributed by atoms with Crippen LogP contribution in [0.3, 0.4) is 0 Å². The van der Waals surface area contributed by atoms with Crippen LogP contribution >= 0.6 is 12.2 Å². The first kappa shape index (κ1) is 18.4. The Labute approximate surface area is 159 Å². The summed E-state index contributed by atoms with van der Waals surface area (Å²) in [6.45, 7) is 4.60. The smallest absolute Gasteiger partial charge is 0.199 e. The molecule has 136 valence electrons. The highest BCUT2D eigenvalue weighted by molar-refractivity contribution is 7.71. The third-order valence-electron chi connectivity index (χ3n) is 4.42. The van der Waals surface area contributed by atoms with E-state index in [1.807, 2.05) is 46.6 Å². The number of hydrogen-bond acceptors (Lipinski definition) is 4. The van der Waals surface area contributed by atoms with Gasteiger partial charge in [-0.1, -0.05) is 37.3 Å². The molecule has 0 aliphatic carbocycles. The van der Waals surface area contributed by atoms with Crippen molar-refractivity contribution in [3.05, 3.63) is 64.9 Å². The van der Waals surface area contributed by atoms with Crippen LogP contribution in [0.1, 0.15) is 12.5 Å². The molecule has 0 amide bonds. The number of hydrogen-bond donors (Lipinski definition) is 0. The molecule has 0 unspecified atom stereocenters. The number of rotatable bonds is 7. The summed E-state index contributed by atoms with van der Waals surface area (Å²) in [6.07, 6.45) is 0. The average Bonchev–Trinajstić information content (AvgIpc) is 2.96. The minimum atomic E-state index is 0.661. The van der Waals surface area contributed by atoms with E-state index in [9.17, 15) is 0 Å². The molecule has 2 aromatic carbocycles. The third-order valence-corrected chi connectivity index (χ3v) is 4.90. The molecule has 26 heavy (non-hydrogen) atoms. The minimum absolute atomic E-state index is 0.661. The fourth-order valence-corrected chi connectivity index (χ4v) is 3.05. The van der Waals surface area contributed by atoms with Crippen molar-refractivity contribution >= 4 is 12.2 Å². The van der Waals surface area contributed by atoms with Gasteiger partial charge in [0.1, 0.15) is 5.75 Å². The van der Waals surface area contributed by atoms with Crippen molar-refractivity contribution in [3.63, 3.8) is 0 Å². The molecule has 0 aliphatic rings. The predicted molar refractivity (Wildman–Crippen MR) is 107 cm³/mol. The highest BCUT2D eigenvalue weighted by atomic mass is 32.1. The van der Waals surface area contributed by atoms with Crippen LogP contribution < -0.4 is 4.74 Å². The maximum atomic E-state index is 5.61. The van der Waals surface area contributed by atoms with Gasteiger partial charge in [-0.25, -0.2) is 4.68 Å². The summed E-state index contributed by atoms with van der Waals surface area (Å²) in [5, 5.41) is 4.76. The van der Waals surface area contributed by atoms with Crippen LogP contribution in [-0.2, 0) is 20.3 Å². The van der Waals surface area contributed by atoms with Crippen LogP contribution in [0.4, 0.5) is 0 Å². The molecule has 3 aromatic rings. The first-order valence-corrected chi connectivity index (χ1v) is 9.07. The molecule has 0 saturated carbocycles. The highest BCUT2D eigenvalue weighted by Crippen LogP contribution is 2.21. The molecule has 0 aliphatic heterocycles. The van der Waals surface area contributed by atoms with E-state index in [4.69, 9.17) is 22.1 Å². The highest BCUT2D eigenvalue weighted by Gasteiger charge is 2.12. The SMILES string of the molecule is CCN(Cc1ccccc1)Cn1nc(-c2ccc(OC)cc2)n(C)c1=S. The lowest BCUT2D eigenvalue weighted by molar-refractivity contribution is 0.207. The van der Waals surface area contributed by atoms with Crippen molar-refractivity contribution in [2.45, 2.75) is 20.1 Å². The van der Waals surface area contributed by atoms with Gasteiger partial charge in [-0.15, -0.1) is 0 Å². The monoisotopic (exact) mass is 368 g/mol. The Balaban J connectivity index is 1.82. The summed E-state index contributed by atoms with van der Waals surface area (Å²) in [6, 6.07) is 18.3. The van der Waals surface area contributed by atoms with Gasteiger partial charge in [-0.2, -0.15) is 5.10 Å². The van der Waals surface area contributed by atoms with E-state index in [2.05, 4.69) is 36.1 Å². The third kappa shape index (κ3) is 4.03. The Bertz CT molecular complexity index is 900. The summed E-state index contributed by atoms with van der Waals surface area (Å²) in [5.41, 5.74) is 2.30. The Morgan fingerprint density at radius 1 is 1.08 bits per heavy atom. The van der Waals surface area contributed by atoms with Gasteiger partial charge in [0.2, 0.25) is 0 Å². The molecular weight excluding hydrogens is 344 g/mol. The first-order valence-electron chi connectivity index (χ1n) is 8.67. The Morgan fingerprint density at radius 3 is 2.38 bits per heavy atom. The summed E-state index contributed by atoms with van der Waals surface area (Å²) < 4.78 is 9.78. The largest absolute Gasteiger partial charge is 0.497 e. The van der Waals surface area contributed by atoms with Gasteiger partial charge in [0.05, 0.1) is 13.8 Å². The van der Waals surface area contributed by atoms with Crippen molar-refractivity contribution in [2.24, 2.45) is 7.05 Å². The van der Waals surface area contributed by atoms with E-state index in [0.717, 1.165) is 30.2 Å². The molecule has 0 N–H and O–H groups in total. The van der Waals surface area contributed by atoms with Gasteiger partial charge in [-0.05, 0) is 48.6 Å². The molecule has 0 radical (unpaired) electrons. The van der Waals surface area contributed by atoms with Crippen LogP contribution in [0, 0.1) is 4.77 Å². The molecule has 1 aromatic heterocycles. The molecule has 0 fully saturated rings. The first-order chi connectivity index (χ1) is 12.6. The van der Waals surface area contributed by atoms with Gasteiger partial charge >= 0.3 is 0 Å². The fraction of sp³-hybridized carbons (Fsp3) is 0.300. The van der Waals surface area contributed by atoms with E-state index in [1.54, 1.807) is 7.11 Å². The van der Waals surface area contributed by atoms with Gasteiger partial charge < -0.3 is 9.30 Å². The molecule has 3 rings (SSSR count). The molecule has 0 spiro atoms. The van der Waals surface area contributed by atoms with Crippen LogP contribution in [0.15, 0.2) is 54.6 Å². The maximum Gasteiger partial charge on any atom is 0.199 e. The number of benzene rings is 2. The van der Waals surface area contributed by atoms with E-state index < -0.39 is 0 Å². The summed E-state index contributed by atoms with van der Waals surface area (Å²) in [7, 11) is 3.62. The summed E-state index contributed by atoms with van der Waals surface area (Å²) >= 11 is 5.61. The molecule has 6 heteroatoms. The normalized spacial score (nSPS) is 11.1. The van der Waals surface area contributed by atoms with Gasteiger partial charge in [0.15, 0.2) is 10.6 Å². The average molecular weight is 369 g/mol. The van der Waals surface area contributed by atoms with E-state index in [-0.39, 0.29) is 0 Å². The summed E-state index contributed by atoms with van der Waals surface area (Å²) in [5.74, 6) is 1.68.